The molecule has 7 amide bonds. The number of hydrogen-bond acceptors (Lipinski definition) is 12. The first-order chi connectivity index (χ1) is 31.8. The first kappa shape index (κ1) is 45.0. The van der Waals surface area contributed by atoms with Crippen LogP contribution in [-0.2, 0) is 32.8 Å². The third kappa shape index (κ3) is 9.43. The van der Waals surface area contributed by atoms with Crippen molar-refractivity contribution in [3.8, 4) is 0 Å². The molecule has 2 aromatic carbocycles. The summed E-state index contributed by atoms with van der Waals surface area (Å²) in [6.45, 7) is 11.7. The van der Waals surface area contributed by atoms with Gasteiger partial charge in [-0.1, -0.05) is 31.2 Å². The number of hydrogen-bond donors (Lipinski definition) is 3. The lowest BCUT2D eigenvalue weighted by molar-refractivity contribution is -0.137. The van der Waals surface area contributed by atoms with E-state index in [1.54, 1.807) is 16.0 Å². The van der Waals surface area contributed by atoms with Crippen molar-refractivity contribution >= 4 is 52.9 Å². The van der Waals surface area contributed by atoms with Gasteiger partial charge in [-0.05, 0) is 91.8 Å². The predicted octanol–water partition coefficient (Wildman–Crippen LogP) is 2.79. The predicted molar refractivity (Wildman–Crippen MR) is 249 cm³/mol. The number of anilines is 3. The molecule has 0 saturated carbocycles. The van der Waals surface area contributed by atoms with Crippen LogP contribution in [0.15, 0.2) is 48.7 Å². The standard InChI is InChI=1S/C48H62N12O6.H2/c1-48(33-10-12-34(13-11-33)51-44-42(43(49)63)50-28-39(52-44)58-19-5-8-35(29-58)59-27-22-54(2)47(59)66)16-20-57(21-17-48)41(62)31-56-25-23-55(24-26-56)18-4-7-32-6-3-9-36-37(32)30-60(46(36)65)38-14-15-40(61)53-45(38)64;/h3,6,9-13,28,35,38H,4-5,7-8,14-27,29-31H2,1-2H3,(H2,49,63)(H,51,52)(H,53,61,64);1H/t35-,38?;/m1./s1. The number of nitrogens with two attached hydrogens (primary N) is 1. The van der Waals surface area contributed by atoms with Crippen molar-refractivity contribution in [3.63, 3.8) is 0 Å². The molecule has 66 heavy (non-hydrogen) atoms. The number of likely N-dealkylation sites (tertiary alicyclic amines) is 1. The molecule has 18 nitrogen and oxygen atoms in total. The molecule has 4 N–H and O–H groups in total. The number of piperazine rings is 1. The van der Waals surface area contributed by atoms with Gasteiger partial charge < -0.3 is 40.4 Å². The van der Waals surface area contributed by atoms with Gasteiger partial charge in [0.15, 0.2) is 11.5 Å². The van der Waals surface area contributed by atoms with Crippen LogP contribution in [0.2, 0.25) is 0 Å². The average Bonchev–Trinajstić information content (AvgIpc) is 3.84. The summed E-state index contributed by atoms with van der Waals surface area (Å²) in [5.74, 6) is -0.400. The number of fused-ring (bicyclic) bond motifs is 1. The van der Waals surface area contributed by atoms with Gasteiger partial charge >= 0.3 is 6.03 Å². The summed E-state index contributed by atoms with van der Waals surface area (Å²) >= 11 is 0. The van der Waals surface area contributed by atoms with Gasteiger partial charge in [0.1, 0.15) is 11.9 Å². The minimum absolute atomic E-state index is 0. The molecule has 0 spiro atoms. The average molecular weight is 905 g/mol. The second kappa shape index (κ2) is 19.0. The Bertz CT molecular complexity index is 2370. The molecule has 2 atom stereocenters. The third-order valence-corrected chi connectivity index (χ3v) is 14.9. The highest BCUT2D eigenvalue weighted by molar-refractivity contribution is 6.05. The molecule has 0 radical (unpaired) electrons. The Labute approximate surface area is 387 Å². The quantitative estimate of drug-likeness (QED) is 0.212. The summed E-state index contributed by atoms with van der Waals surface area (Å²) in [5, 5.41) is 5.67. The van der Waals surface area contributed by atoms with Crippen molar-refractivity contribution in [2.45, 2.75) is 82.3 Å². The highest BCUT2D eigenvalue weighted by Gasteiger charge is 2.40. The number of carbonyl (C=O) groups is 6. The SMILES string of the molecule is CN1CCN([C@@H]2CCCN(c3cnc(C(N)=O)c(Nc4ccc(C5(C)CCN(C(=O)CN6CCN(CCCc7cccc8c7CN(C7CCC(=O)NC7=O)C8=O)CC6)CC5)cc4)n3)C2)C1=O.[HH]. The summed E-state index contributed by atoms with van der Waals surface area (Å²) < 4.78 is 0. The van der Waals surface area contributed by atoms with Crippen molar-refractivity contribution in [1.82, 2.24) is 44.7 Å². The van der Waals surface area contributed by atoms with Crippen molar-refractivity contribution in [2.75, 3.05) is 95.8 Å². The molecule has 9 rings (SSSR count). The fraction of sp³-hybridized carbons (Fsp3) is 0.542. The first-order valence-electron chi connectivity index (χ1n) is 23.6. The fourth-order valence-electron chi connectivity index (χ4n) is 10.7. The molecule has 0 bridgehead atoms. The summed E-state index contributed by atoms with van der Waals surface area (Å²) in [5.41, 5.74) is 10.4. The van der Waals surface area contributed by atoms with Gasteiger partial charge in [0.25, 0.3) is 11.8 Å². The Morgan fingerprint density at radius 2 is 1.67 bits per heavy atom. The van der Waals surface area contributed by atoms with E-state index in [0.29, 0.717) is 62.9 Å². The minimum Gasteiger partial charge on any atom is -0.364 e. The van der Waals surface area contributed by atoms with Crippen molar-refractivity contribution in [3.05, 3.63) is 76.6 Å². The molecule has 3 aromatic rings. The van der Waals surface area contributed by atoms with Crippen molar-refractivity contribution < 1.29 is 30.2 Å². The fourth-order valence-corrected chi connectivity index (χ4v) is 10.7. The zero-order valence-electron chi connectivity index (χ0n) is 38.2. The Morgan fingerprint density at radius 3 is 2.38 bits per heavy atom. The third-order valence-electron chi connectivity index (χ3n) is 14.9. The molecule has 1 unspecified atom stereocenters. The number of urea groups is 1. The normalized spacial score (nSPS) is 22.8. The number of aryl methyl sites for hydroxylation is 1. The van der Waals surface area contributed by atoms with Gasteiger partial charge in [0.05, 0.1) is 18.8 Å². The number of nitrogens with one attached hydrogen (secondary N) is 2. The minimum atomic E-state index is -0.672. The maximum atomic E-state index is 13.6. The van der Waals surface area contributed by atoms with E-state index in [2.05, 4.69) is 55.4 Å². The van der Waals surface area contributed by atoms with E-state index in [1.165, 1.54) is 5.56 Å². The number of imide groups is 1. The van der Waals surface area contributed by atoms with Crippen LogP contribution in [0.3, 0.4) is 0 Å². The topological polar surface area (TPSA) is 201 Å². The number of amides is 7. The van der Waals surface area contributed by atoms with Crippen LogP contribution in [0.25, 0.3) is 0 Å². The van der Waals surface area contributed by atoms with Crippen LogP contribution in [0, 0.1) is 0 Å². The highest BCUT2D eigenvalue weighted by Crippen LogP contribution is 2.37. The van der Waals surface area contributed by atoms with Crippen molar-refractivity contribution in [1.29, 1.82) is 0 Å². The maximum Gasteiger partial charge on any atom is 0.320 e. The molecule has 1 aromatic heterocycles. The maximum absolute atomic E-state index is 13.6. The number of primary amides is 1. The smallest absolute Gasteiger partial charge is 0.320 e. The Hall–Kier alpha value is -6.14. The van der Waals surface area contributed by atoms with E-state index in [4.69, 9.17) is 10.7 Å². The van der Waals surface area contributed by atoms with E-state index in [9.17, 15) is 28.8 Å². The molecular formula is C48H64N12O6. The molecule has 352 valence electrons. The molecule has 6 aliphatic rings. The number of benzene rings is 2. The first-order valence-corrected chi connectivity index (χ1v) is 23.6. The van der Waals surface area contributed by atoms with Crippen LogP contribution in [0.1, 0.15) is 90.8 Å². The lowest BCUT2D eigenvalue weighted by Crippen LogP contribution is -2.52. The van der Waals surface area contributed by atoms with Crippen LogP contribution < -0.4 is 21.3 Å². The number of rotatable bonds is 13. The summed E-state index contributed by atoms with van der Waals surface area (Å²) in [6.07, 6.45) is 7.49. The molecule has 6 aliphatic heterocycles. The molecule has 5 fully saturated rings. The summed E-state index contributed by atoms with van der Waals surface area (Å²) in [6, 6.07) is 13.5. The van der Waals surface area contributed by atoms with Gasteiger partial charge in [-0.2, -0.15) is 0 Å². The molecule has 0 aliphatic carbocycles. The van der Waals surface area contributed by atoms with Gasteiger partial charge in [-0.3, -0.25) is 34.2 Å². The monoisotopic (exact) mass is 905 g/mol. The number of aromatic nitrogens is 2. The van der Waals surface area contributed by atoms with Gasteiger partial charge in [0, 0.05) is 98.1 Å². The number of nitrogens with zero attached hydrogens (tertiary/aromatic N) is 9. The molecule has 5 saturated heterocycles. The zero-order valence-corrected chi connectivity index (χ0v) is 38.2. The van der Waals surface area contributed by atoms with Crippen LogP contribution in [0.4, 0.5) is 22.1 Å². The van der Waals surface area contributed by atoms with E-state index in [0.717, 1.165) is 101 Å². The van der Waals surface area contributed by atoms with E-state index >= 15 is 0 Å². The van der Waals surface area contributed by atoms with E-state index in [-0.39, 0.29) is 48.8 Å². The Balaban J connectivity index is 0.00000608. The van der Waals surface area contributed by atoms with Gasteiger partial charge in [-0.25, -0.2) is 14.8 Å². The van der Waals surface area contributed by atoms with Crippen LogP contribution in [0.5, 0.6) is 0 Å². The molecule has 18 heteroatoms. The molecular weight excluding hydrogens is 841 g/mol. The number of likely N-dealkylation sites (N-methyl/N-ethyl adjacent to an activating group) is 1. The largest absolute Gasteiger partial charge is 0.364 e. The zero-order chi connectivity index (χ0) is 46.1. The summed E-state index contributed by atoms with van der Waals surface area (Å²) in [7, 11) is 1.83. The highest BCUT2D eigenvalue weighted by atomic mass is 16.2. The lowest BCUT2D eigenvalue weighted by Gasteiger charge is -2.41. The van der Waals surface area contributed by atoms with Crippen molar-refractivity contribution in [2.24, 2.45) is 5.73 Å². The van der Waals surface area contributed by atoms with Crippen LogP contribution >= 0.6 is 0 Å². The summed E-state index contributed by atoms with van der Waals surface area (Å²) in [4.78, 5) is 99.5. The number of piperidine rings is 3. The molecule has 7 heterocycles. The number of carbonyl (C=O) groups excluding carboxylic acids is 6. The Morgan fingerprint density at radius 1 is 0.909 bits per heavy atom. The second-order valence-corrected chi connectivity index (χ2v) is 19.1. The van der Waals surface area contributed by atoms with E-state index in [1.807, 2.05) is 41.1 Å². The van der Waals surface area contributed by atoms with Gasteiger partial charge in [0.2, 0.25) is 17.7 Å². The van der Waals surface area contributed by atoms with Gasteiger partial charge in [-0.15, -0.1) is 0 Å². The van der Waals surface area contributed by atoms with Crippen LogP contribution in [-0.4, -0.2) is 173 Å². The Kier molecular flexibility index (Phi) is 13.0. The second-order valence-electron chi connectivity index (χ2n) is 19.1. The van der Waals surface area contributed by atoms with E-state index < -0.39 is 17.9 Å². The lowest BCUT2D eigenvalue weighted by atomic mass is 9.74.